The standard InChI is InChI=1S/C13H21NO3/c1-14-9-6-10(15)8-11(14)12(7-9)17-13-4-2-3-5-16-13/h9,11-13H,2-8H2,1H3. The third kappa shape index (κ3) is 2.26. The molecule has 3 saturated heterocycles. The molecule has 4 atom stereocenters. The maximum absolute atomic E-state index is 11.6. The van der Waals surface area contributed by atoms with Crippen LogP contribution in [0.5, 0.6) is 0 Å². The lowest BCUT2D eigenvalue weighted by Gasteiger charge is -2.32. The van der Waals surface area contributed by atoms with Crippen molar-refractivity contribution >= 4 is 5.78 Å². The van der Waals surface area contributed by atoms with E-state index in [1.807, 2.05) is 0 Å². The van der Waals surface area contributed by atoms with Crippen LogP contribution in [-0.4, -0.2) is 48.8 Å². The Balaban J connectivity index is 1.62. The van der Waals surface area contributed by atoms with Crippen molar-refractivity contribution in [3.63, 3.8) is 0 Å². The first-order valence-corrected chi connectivity index (χ1v) is 6.75. The van der Waals surface area contributed by atoms with Crippen molar-refractivity contribution in [1.82, 2.24) is 4.90 Å². The first-order valence-electron chi connectivity index (χ1n) is 6.75. The Morgan fingerprint density at radius 2 is 2.24 bits per heavy atom. The van der Waals surface area contributed by atoms with Gasteiger partial charge in [0.2, 0.25) is 0 Å². The van der Waals surface area contributed by atoms with E-state index < -0.39 is 0 Å². The molecule has 0 aromatic heterocycles. The van der Waals surface area contributed by atoms with Gasteiger partial charge in [0, 0.05) is 31.5 Å². The largest absolute Gasteiger partial charge is 0.353 e. The predicted octanol–water partition coefficient (Wildman–Crippen LogP) is 1.33. The number of ether oxygens (including phenoxy) is 2. The zero-order valence-corrected chi connectivity index (χ0v) is 10.4. The smallest absolute Gasteiger partial charge is 0.158 e. The SMILES string of the molecule is CN1C2CC(=O)CC1C(OC1CCCCO1)C2. The van der Waals surface area contributed by atoms with Crippen LogP contribution in [0.15, 0.2) is 0 Å². The van der Waals surface area contributed by atoms with Crippen LogP contribution in [0.1, 0.15) is 38.5 Å². The van der Waals surface area contributed by atoms with Crippen LogP contribution in [0.3, 0.4) is 0 Å². The van der Waals surface area contributed by atoms with Crippen molar-refractivity contribution in [3.8, 4) is 0 Å². The topological polar surface area (TPSA) is 38.8 Å². The van der Waals surface area contributed by atoms with Crippen molar-refractivity contribution in [1.29, 1.82) is 0 Å². The van der Waals surface area contributed by atoms with E-state index in [4.69, 9.17) is 9.47 Å². The third-order valence-electron chi connectivity index (χ3n) is 4.40. The zero-order valence-electron chi connectivity index (χ0n) is 10.4. The third-order valence-corrected chi connectivity index (χ3v) is 4.40. The van der Waals surface area contributed by atoms with Crippen molar-refractivity contribution in [2.75, 3.05) is 13.7 Å². The number of ketones is 1. The van der Waals surface area contributed by atoms with Gasteiger partial charge < -0.3 is 9.47 Å². The second-order valence-electron chi connectivity index (χ2n) is 5.54. The predicted molar refractivity (Wildman–Crippen MR) is 62.7 cm³/mol. The monoisotopic (exact) mass is 239 g/mol. The van der Waals surface area contributed by atoms with E-state index in [0.717, 1.165) is 25.9 Å². The van der Waals surface area contributed by atoms with Crippen molar-refractivity contribution < 1.29 is 14.3 Å². The Kier molecular flexibility index (Phi) is 3.19. The number of nitrogens with zero attached hydrogens (tertiary/aromatic N) is 1. The Bertz CT molecular complexity index is 301. The van der Waals surface area contributed by atoms with E-state index in [2.05, 4.69) is 11.9 Å². The van der Waals surface area contributed by atoms with Gasteiger partial charge in [-0.1, -0.05) is 0 Å². The van der Waals surface area contributed by atoms with Crippen LogP contribution in [0, 0.1) is 0 Å². The Morgan fingerprint density at radius 1 is 1.35 bits per heavy atom. The van der Waals surface area contributed by atoms with Crippen LogP contribution in [-0.2, 0) is 14.3 Å². The number of hydrogen-bond acceptors (Lipinski definition) is 4. The van der Waals surface area contributed by atoms with E-state index in [1.54, 1.807) is 0 Å². The number of Topliss-reactive ketones (excluding diaryl/α,β-unsaturated/α-hetero) is 1. The molecular formula is C13H21NO3. The lowest BCUT2D eigenvalue weighted by molar-refractivity contribution is -0.192. The molecule has 0 aromatic rings. The molecule has 0 amide bonds. The minimum Gasteiger partial charge on any atom is -0.353 e. The summed E-state index contributed by atoms with van der Waals surface area (Å²) in [4.78, 5) is 13.9. The highest BCUT2D eigenvalue weighted by atomic mass is 16.7. The lowest BCUT2D eigenvalue weighted by atomic mass is 10.0. The summed E-state index contributed by atoms with van der Waals surface area (Å²) in [6.45, 7) is 0.820. The molecule has 0 aromatic carbocycles. The molecule has 0 saturated carbocycles. The van der Waals surface area contributed by atoms with Crippen LogP contribution in [0.25, 0.3) is 0 Å². The summed E-state index contributed by atoms with van der Waals surface area (Å²) in [6, 6.07) is 0.682. The van der Waals surface area contributed by atoms with Crippen molar-refractivity contribution in [3.05, 3.63) is 0 Å². The van der Waals surface area contributed by atoms with E-state index in [1.165, 1.54) is 6.42 Å². The molecule has 3 rings (SSSR count). The van der Waals surface area contributed by atoms with Gasteiger partial charge in [-0.2, -0.15) is 0 Å². The summed E-state index contributed by atoms with van der Waals surface area (Å²) < 4.78 is 11.7. The molecule has 2 bridgehead atoms. The highest BCUT2D eigenvalue weighted by Crippen LogP contribution is 2.35. The average molecular weight is 239 g/mol. The van der Waals surface area contributed by atoms with Gasteiger partial charge in [0.25, 0.3) is 0 Å². The Hall–Kier alpha value is -0.450. The number of rotatable bonds is 2. The lowest BCUT2D eigenvalue weighted by Crippen LogP contribution is -2.43. The number of likely N-dealkylation sites (N-methyl/N-ethyl adjacent to an activating group) is 1. The fourth-order valence-corrected chi connectivity index (χ4v) is 3.37. The summed E-state index contributed by atoms with van der Waals surface area (Å²) in [6.07, 6.45) is 5.87. The molecule has 4 heteroatoms. The van der Waals surface area contributed by atoms with E-state index in [-0.39, 0.29) is 18.4 Å². The molecule has 3 aliphatic rings. The molecule has 0 N–H and O–H groups in total. The van der Waals surface area contributed by atoms with Crippen molar-refractivity contribution in [2.45, 2.75) is 63.0 Å². The quantitative estimate of drug-likeness (QED) is 0.729. The maximum Gasteiger partial charge on any atom is 0.158 e. The van der Waals surface area contributed by atoms with Crippen LogP contribution >= 0.6 is 0 Å². The van der Waals surface area contributed by atoms with Gasteiger partial charge in [-0.25, -0.2) is 0 Å². The minimum absolute atomic E-state index is 0.0309. The Morgan fingerprint density at radius 3 is 3.00 bits per heavy atom. The molecule has 0 aliphatic carbocycles. The minimum atomic E-state index is -0.0309. The fraction of sp³-hybridized carbons (Fsp3) is 0.923. The number of hydrogen-bond donors (Lipinski definition) is 0. The van der Waals surface area contributed by atoms with Gasteiger partial charge in [-0.3, -0.25) is 9.69 Å². The summed E-state index contributed by atoms with van der Waals surface area (Å²) in [7, 11) is 2.12. The molecule has 96 valence electrons. The molecule has 3 aliphatic heterocycles. The van der Waals surface area contributed by atoms with E-state index in [0.29, 0.717) is 24.7 Å². The molecular weight excluding hydrogens is 218 g/mol. The highest BCUT2D eigenvalue weighted by Gasteiger charge is 2.45. The van der Waals surface area contributed by atoms with Crippen LogP contribution in [0.2, 0.25) is 0 Å². The van der Waals surface area contributed by atoms with Crippen LogP contribution < -0.4 is 0 Å². The summed E-state index contributed by atoms with van der Waals surface area (Å²) >= 11 is 0. The average Bonchev–Trinajstić information content (AvgIpc) is 2.51. The van der Waals surface area contributed by atoms with Crippen LogP contribution in [0.4, 0.5) is 0 Å². The zero-order chi connectivity index (χ0) is 11.8. The molecule has 4 nitrogen and oxygen atoms in total. The van der Waals surface area contributed by atoms with Gasteiger partial charge in [-0.05, 0) is 32.7 Å². The van der Waals surface area contributed by atoms with Gasteiger partial charge in [0.1, 0.15) is 5.78 Å². The van der Waals surface area contributed by atoms with Gasteiger partial charge in [-0.15, -0.1) is 0 Å². The summed E-state index contributed by atoms with van der Waals surface area (Å²) in [5.41, 5.74) is 0. The summed E-state index contributed by atoms with van der Waals surface area (Å²) in [5, 5.41) is 0. The molecule has 0 radical (unpaired) electrons. The first-order chi connectivity index (χ1) is 8.24. The number of carbonyl (C=O) groups excluding carboxylic acids is 1. The normalized spacial score (nSPS) is 43.0. The molecule has 0 spiro atoms. The number of piperidine rings is 1. The first kappa shape index (κ1) is 11.6. The van der Waals surface area contributed by atoms with Crippen molar-refractivity contribution in [2.24, 2.45) is 0 Å². The summed E-state index contributed by atoms with van der Waals surface area (Å²) in [5.74, 6) is 0.397. The van der Waals surface area contributed by atoms with Gasteiger partial charge in [0.05, 0.1) is 6.10 Å². The second-order valence-corrected chi connectivity index (χ2v) is 5.54. The molecule has 3 fully saturated rings. The fourth-order valence-electron chi connectivity index (χ4n) is 3.37. The number of carbonyl (C=O) groups is 1. The highest BCUT2D eigenvalue weighted by molar-refractivity contribution is 5.81. The molecule has 17 heavy (non-hydrogen) atoms. The van der Waals surface area contributed by atoms with Gasteiger partial charge >= 0.3 is 0 Å². The van der Waals surface area contributed by atoms with E-state index in [9.17, 15) is 4.79 Å². The number of fused-ring (bicyclic) bond motifs is 2. The molecule has 3 heterocycles. The van der Waals surface area contributed by atoms with E-state index >= 15 is 0 Å². The second kappa shape index (κ2) is 4.67. The molecule has 4 unspecified atom stereocenters. The maximum atomic E-state index is 11.6. The van der Waals surface area contributed by atoms with Gasteiger partial charge in [0.15, 0.2) is 6.29 Å². The Labute approximate surface area is 102 Å².